The lowest BCUT2D eigenvalue weighted by Crippen LogP contribution is -2.20. The number of nitrogens with zero attached hydrogens (tertiary/aromatic N) is 4. The molecule has 0 bridgehead atoms. The molecule has 1 N–H and O–H groups in total. The zero-order valence-corrected chi connectivity index (χ0v) is 15.0. The predicted octanol–water partition coefficient (Wildman–Crippen LogP) is 3.83. The van der Waals surface area contributed by atoms with Crippen molar-refractivity contribution in [3.05, 3.63) is 72.1 Å². The van der Waals surface area contributed by atoms with Crippen LogP contribution in [0.5, 0.6) is 11.5 Å². The summed E-state index contributed by atoms with van der Waals surface area (Å²) < 4.78 is 5.85. The number of rotatable bonds is 6. The van der Waals surface area contributed by atoms with E-state index in [1.54, 1.807) is 12.1 Å². The number of carbonyl (C=O) groups excluding carboxylic acids is 1. The molecule has 2 heterocycles. The Morgan fingerprint density at radius 1 is 1.04 bits per heavy atom. The Balaban J connectivity index is 1.44. The van der Waals surface area contributed by atoms with Crippen molar-refractivity contribution in [1.82, 2.24) is 20.2 Å². The highest BCUT2D eigenvalue weighted by Gasteiger charge is 2.12. The fraction of sp³-hybridized carbons (Fsp3) is 0.0526. The number of benzene rings is 2. The minimum absolute atomic E-state index is 0.0436. The van der Waals surface area contributed by atoms with E-state index >= 15 is 0 Å². The lowest BCUT2D eigenvalue weighted by molar-refractivity contribution is -0.117. The molecule has 0 unspecified atom stereocenters. The molecule has 0 radical (unpaired) electrons. The van der Waals surface area contributed by atoms with Gasteiger partial charge in [-0.2, -0.15) is 4.80 Å². The molecule has 7 nitrogen and oxygen atoms in total. The Hall–Kier alpha value is -3.52. The second kappa shape index (κ2) is 7.79. The molecule has 2 aromatic carbocycles. The van der Waals surface area contributed by atoms with Crippen LogP contribution < -0.4 is 10.1 Å². The number of ether oxygens (including phenoxy) is 1. The van der Waals surface area contributed by atoms with E-state index in [0.29, 0.717) is 23.0 Å². The van der Waals surface area contributed by atoms with Gasteiger partial charge < -0.3 is 10.1 Å². The normalized spacial score (nSPS) is 10.5. The molecule has 0 saturated heterocycles. The first-order valence-corrected chi connectivity index (χ1v) is 9.09. The second-order valence-electron chi connectivity index (χ2n) is 5.58. The Morgan fingerprint density at radius 3 is 2.67 bits per heavy atom. The summed E-state index contributed by atoms with van der Waals surface area (Å²) in [6.45, 7) is -0.0436. The van der Waals surface area contributed by atoms with Gasteiger partial charge in [-0.25, -0.2) is 0 Å². The number of nitrogens with one attached hydrogen (secondary N) is 1. The highest BCUT2D eigenvalue weighted by atomic mass is 32.1. The zero-order chi connectivity index (χ0) is 18.5. The number of anilines is 1. The molecule has 0 atom stereocenters. The number of hydrogen-bond acceptors (Lipinski definition) is 6. The molecule has 0 aliphatic carbocycles. The van der Waals surface area contributed by atoms with Gasteiger partial charge in [0.1, 0.15) is 12.3 Å². The Bertz CT molecular complexity index is 1030. The van der Waals surface area contributed by atoms with Crippen LogP contribution in [0.15, 0.2) is 72.1 Å². The molecule has 134 valence electrons. The first-order chi connectivity index (χ1) is 13.3. The monoisotopic (exact) mass is 377 g/mol. The molecule has 0 aliphatic heterocycles. The second-order valence-corrected chi connectivity index (χ2v) is 6.53. The minimum Gasteiger partial charge on any atom is -0.455 e. The summed E-state index contributed by atoms with van der Waals surface area (Å²) in [4.78, 5) is 14.6. The largest absolute Gasteiger partial charge is 0.455 e. The molecule has 8 heteroatoms. The van der Waals surface area contributed by atoms with Gasteiger partial charge in [0.15, 0.2) is 5.75 Å². The van der Waals surface area contributed by atoms with Crippen molar-refractivity contribution in [3.8, 4) is 22.2 Å². The van der Waals surface area contributed by atoms with Crippen LogP contribution in [-0.2, 0) is 11.3 Å². The van der Waals surface area contributed by atoms with Crippen LogP contribution in [-0.4, -0.2) is 26.1 Å². The summed E-state index contributed by atoms with van der Waals surface area (Å²) in [6.07, 6.45) is 0. The summed E-state index contributed by atoms with van der Waals surface area (Å²) in [7, 11) is 0. The van der Waals surface area contributed by atoms with Gasteiger partial charge in [0.25, 0.3) is 0 Å². The molecule has 1 amide bonds. The Kier molecular flexibility index (Phi) is 4.88. The lowest BCUT2D eigenvalue weighted by Gasteiger charge is -2.11. The topological polar surface area (TPSA) is 81.9 Å². The molecular formula is C19H15N5O2S. The van der Waals surface area contributed by atoms with Crippen molar-refractivity contribution in [2.45, 2.75) is 6.54 Å². The van der Waals surface area contributed by atoms with E-state index in [-0.39, 0.29) is 12.5 Å². The molecule has 0 fully saturated rings. The van der Waals surface area contributed by atoms with Crippen LogP contribution in [0.25, 0.3) is 10.7 Å². The molecule has 4 aromatic rings. The van der Waals surface area contributed by atoms with Gasteiger partial charge >= 0.3 is 0 Å². The number of thiophene rings is 1. The summed E-state index contributed by atoms with van der Waals surface area (Å²) in [5, 5.41) is 16.9. The maximum Gasteiger partial charge on any atom is 0.248 e. The first kappa shape index (κ1) is 16.9. The fourth-order valence-electron chi connectivity index (χ4n) is 2.41. The van der Waals surface area contributed by atoms with E-state index in [1.807, 2.05) is 60.0 Å². The van der Waals surface area contributed by atoms with Crippen molar-refractivity contribution in [1.29, 1.82) is 0 Å². The van der Waals surface area contributed by atoms with Crippen LogP contribution in [0.1, 0.15) is 0 Å². The molecule has 27 heavy (non-hydrogen) atoms. The first-order valence-electron chi connectivity index (χ1n) is 8.21. The highest BCUT2D eigenvalue weighted by Crippen LogP contribution is 2.29. The molecule has 0 aliphatic rings. The number of amides is 1. The third kappa shape index (κ3) is 4.18. The third-order valence-corrected chi connectivity index (χ3v) is 4.48. The van der Waals surface area contributed by atoms with E-state index in [0.717, 1.165) is 4.88 Å². The van der Waals surface area contributed by atoms with E-state index < -0.39 is 0 Å². The molecule has 2 aromatic heterocycles. The maximum atomic E-state index is 12.4. The van der Waals surface area contributed by atoms with Gasteiger partial charge in [0, 0.05) is 0 Å². The van der Waals surface area contributed by atoms with E-state index in [2.05, 4.69) is 20.7 Å². The average molecular weight is 377 g/mol. The van der Waals surface area contributed by atoms with Crippen molar-refractivity contribution < 1.29 is 9.53 Å². The number of tetrazole rings is 1. The van der Waals surface area contributed by atoms with Gasteiger partial charge in [0.05, 0.1) is 10.6 Å². The van der Waals surface area contributed by atoms with E-state index in [1.165, 1.54) is 16.1 Å². The lowest BCUT2D eigenvalue weighted by atomic mass is 10.3. The Morgan fingerprint density at radius 2 is 1.85 bits per heavy atom. The summed E-state index contributed by atoms with van der Waals surface area (Å²) >= 11 is 1.52. The van der Waals surface area contributed by atoms with Crippen LogP contribution >= 0.6 is 11.3 Å². The summed E-state index contributed by atoms with van der Waals surface area (Å²) in [5.41, 5.74) is 0.574. The number of hydrogen-bond donors (Lipinski definition) is 1. The zero-order valence-electron chi connectivity index (χ0n) is 14.1. The molecule has 0 spiro atoms. The van der Waals surface area contributed by atoms with Crippen molar-refractivity contribution in [3.63, 3.8) is 0 Å². The quantitative estimate of drug-likeness (QED) is 0.552. The van der Waals surface area contributed by atoms with Crippen LogP contribution in [0.3, 0.4) is 0 Å². The van der Waals surface area contributed by atoms with Crippen molar-refractivity contribution >= 4 is 22.9 Å². The van der Waals surface area contributed by atoms with Crippen molar-refractivity contribution in [2.75, 3.05) is 5.32 Å². The fourth-order valence-corrected chi connectivity index (χ4v) is 3.06. The average Bonchev–Trinajstić information content (AvgIpc) is 3.36. The summed E-state index contributed by atoms with van der Waals surface area (Å²) in [5.74, 6) is 1.49. The molecule has 4 rings (SSSR count). The van der Waals surface area contributed by atoms with Gasteiger partial charge in [0.2, 0.25) is 11.7 Å². The van der Waals surface area contributed by atoms with E-state index in [4.69, 9.17) is 4.74 Å². The summed E-state index contributed by atoms with van der Waals surface area (Å²) in [6, 6.07) is 20.5. The number of aromatic nitrogens is 4. The van der Waals surface area contributed by atoms with Gasteiger partial charge in [-0.15, -0.1) is 21.5 Å². The minimum atomic E-state index is -0.269. The van der Waals surface area contributed by atoms with Gasteiger partial charge in [-0.05, 0) is 40.9 Å². The molecular weight excluding hydrogens is 362 g/mol. The standard InChI is InChI=1S/C19H15N5O2S/c25-18(13-24-22-19(21-23-24)17-11-6-12-27-17)20-15-9-4-5-10-16(15)26-14-7-2-1-3-8-14/h1-12H,13H2,(H,20,25). The van der Waals surface area contributed by atoms with Gasteiger partial charge in [-0.1, -0.05) is 36.4 Å². The van der Waals surface area contributed by atoms with Gasteiger partial charge in [-0.3, -0.25) is 4.79 Å². The smallest absolute Gasteiger partial charge is 0.248 e. The predicted molar refractivity (Wildman–Crippen MR) is 103 cm³/mol. The van der Waals surface area contributed by atoms with Crippen LogP contribution in [0.4, 0.5) is 5.69 Å². The van der Waals surface area contributed by atoms with Crippen LogP contribution in [0.2, 0.25) is 0 Å². The number of carbonyl (C=O) groups is 1. The highest BCUT2D eigenvalue weighted by molar-refractivity contribution is 7.13. The van der Waals surface area contributed by atoms with Crippen LogP contribution in [0, 0.1) is 0 Å². The maximum absolute atomic E-state index is 12.4. The van der Waals surface area contributed by atoms with E-state index in [9.17, 15) is 4.79 Å². The number of para-hydroxylation sites is 3. The van der Waals surface area contributed by atoms with Crippen molar-refractivity contribution in [2.24, 2.45) is 0 Å². The SMILES string of the molecule is O=C(Cn1nnc(-c2cccs2)n1)Nc1ccccc1Oc1ccccc1. The third-order valence-electron chi connectivity index (χ3n) is 3.61. The molecule has 0 saturated carbocycles. The Labute approximate surface area is 159 Å².